The molecule has 0 spiro atoms. The molecule has 0 aliphatic rings. The molecule has 1 N–H and O–H groups in total. The zero-order valence-electron chi connectivity index (χ0n) is 11.6. The minimum atomic E-state index is -0.426. The number of benzene rings is 1. The van der Waals surface area contributed by atoms with Crippen LogP contribution in [0.3, 0.4) is 0 Å². The maximum atomic E-state index is 13.9. The van der Waals surface area contributed by atoms with E-state index < -0.39 is 5.82 Å². The minimum Gasteiger partial charge on any atom is -0.339 e. The van der Waals surface area contributed by atoms with Crippen LogP contribution in [0.15, 0.2) is 42.9 Å². The Hall–Kier alpha value is -2.60. The predicted molar refractivity (Wildman–Crippen MR) is 82.5 cm³/mol. The molecule has 2 heterocycles. The van der Waals surface area contributed by atoms with Gasteiger partial charge in [0.15, 0.2) is 5.82 Å². The molecule has 22 heavy (non-hydrogen) atoms. The largest absolute Gasteiger partial charge is 0.339 e. The van der Waals surface area contributed by atoms with E-state index in [1.165, 1.54) is 18.2 Å². The lowest BCUT2D eigenvalue weighted by Crippen LogP contribution is -2.01. The Morgan fingerprint density at radius 3 is 2.77 bits per heavy atom. The highest BCUT2D eigenvalue weighted by atomic mass is 35.5. The van der Waals surface area contributed by atoms with Gasteiger partial charge >= 0.3 is 0 Å². The second-order valence-corrected chi connectivity index (χ2v) is 5.04. The number of rotatable bonds is 3. The van der Waals surface area contributed by atoms with Crippen LogP contribution in [-0.2, 0) is 0 Å². The van der Waals surface area contributed by atoms with Gasteiger partial charge in [-0.05, 0) is 31.2 Å². The van der Waals surface area contributed by atoms with Gasteiger partial charge in [-0.15, -0.1) is 0 Å². The molecule has 0 atom stereocenters. The minimum absolute atomic E-state index is 0.253. The maximum absolute atomic E-state index is 13.9. The number of halogens is 2. The number of hydrogen-bond acceptors (Lipinski definition) is 5. The van der Waals surface area contributed by atoms with Crippen molar-refractivity contribution in [3.63, 3.8) is 0 Å². The van der Waals surface area contributed by atoms with Crippen LogP contribution in [0.1, 0.15) is 5.56 Å². The van der Waals surface area contributed by atoms with E-state index in [9.17, 15) is 4.39 Å². The molecule has 0 saturated heterocycles. The summed E-state index contributed by atoms with van der Waals surface area (Å²) < 4.78 is 13.9. The van der Waals surface area contributed by atoms with Crippen LogP contribution >= 0.6 is 11.6 Å². The van der Waals surface area contributed by atoms with E-state index in [-0.39, 0.29) is 11.4 Å². The van der Waals surface area contributed by atoms with E-state index in [1.54, 1.807) is 24.7 Å². The molecular formula is C15H11ClFN5. The van der Waals surface area contributed by atoms with Gasteiger partial charge in [0, 0.05) is 16.8 Å². The van der Waals surface area contributed by atoms with Gasteiger partial charge in [0.25, 0.3) is 0 Å². The first-order valence-electron chi connectivity index (χ1n) is 6.46. The maximum Gasteiger partial charge on any atom is 0.164 e. The Bertz CT molecular complexity index is 810. The number of nitrogens with one attached hydrogen (secondary N) is 1. The van der Waals surface area contributed by atoms with Gasteiger partial charge in [0.2, 0.25) is 0 Å². The van der Waals surface area contributed by atoms with E-state index in [2.05, 4.69) is 25.5 Å². The SMILES string of the molecule is Cc1cnc(-c2cc(Cl)ccc2F)nc1Nc1ccnnc1. The Labute approximate surface area is 131 Å². The van der Waals surface area contributed by atoms with Gasteiger partial charge in [0.1, 0.15) is 11.6 Å². The Kier molecular flexibility index (Phi) is 3.93. The Morgan fingerprint density at radius 1 is 1.14 bits per heavy atom. The molecule has 3 rings (SSSR count). The average molecular weight is 316 g/mol. The zero-order valence-corrected chi connectivity index (χ0v) is 12.3. The molecule has 0 aliphatic heterocycles. The lowest BCUT2D eigenvalue weighted by atomic mass is 10.2. The summed E-state index contributed by atoms with van der Waals surface area (Å²) in [4.78, 5) is 8.55. The Balaban J connectivity index is 2.01. The fourth-order valence-corrected chi connectivity index (χ4v) is 2.04. The van der Waals surface area contributed by atoms with Gasteiger partial charge in [-0.25, -0.2) is 14.4 Å². The van der Waals surface area contributed by atoms with Crippen molar-refractivity contribution in [3.05, 3.63) is 59.3 Å². The molecule has 0 aliphatic carbocycles. The summed E-state index contributed by atoms with van der Waals surface area (Å²) in [5.74, 6) is 0.400. The van der Waals surface area contributed by atoms with E-state index in [0.717, 1.165) is 11.3 Å². The molecule has 0 fully saturated rings. The van der Waals surface area contributed by atoms with Crippen molar-refractivity contribution in [3.8, 4) is 11.4 Å². The van der Waals surface area contributed by atoms with Crippen LogP contribution in [0.25, 0.3) is 11.4 Å². The van der Waals surface area contributed by atoms with Crippen molar-refractivity contribution < 1.29 is 4.39 Å². The normalized spacial score (nSPS) is 10.5. The van der Waals surface area contributed by atoms with Crippen LogP contribution in [0.5, 0.6) is 0 Å². The van der Waals surface area contributed by atoms with E-state index in [4.69, 9.17) is 11.6 Å². The summed E-state index contributed by atoms with van der Waals surface area (Å²) in [7, 11) is 0. The standard InChI is InChI=1S/C15H11ClFN5/c1-9-7-18-15(12-6-10(16)2-3-13(12)17)22-14(9)21-11-4-5-19-20-8-11/h2-8H,1H3,(H,18,19,21,22). The van der Waals surface area contributed by atoms with Crippen LogP contribution in [0, 0.1) is 12.7 Å². The number of aromatic nitrogens is 4. The summed E-state index contributed by atoms with van der Waals surface area (Å²) >= 11 is 5.91. The summed E-state index contributed by atoms with van der Waals surface area (Å²) in [5.41, 5.74) is 1.81. The molecule has 0 saturated carbocycles. The molecule has 110 valence electrons. The number of aryl methyl sites for hydroxylation is 1. The van der Waals surface area contributed by atoms with Gasteiger partial charge in [-0.1, -0.05) is 11.6 Å². The van der Waals surface area contributed by atoms with Crippen molar-refractivity contribution in [1.29, 1.82) is 0 Å². The van der Waals surface area contributed by atoms with Crippen LogP contribution in [-0.4, -0.2) is 20.2 Å². The molecule has 1 aromatic carbocycles. The van der Waals surface area contributed by atoms with Gasteiger partial charge in [-0.2, -0.15) is 10.2 Å². The van der Waals surface area contributed by atoms with Crippen LogP contribution in [0.2, 0.25) is 5.02 Å². The highest BCUT2D eigenvalue weighted by Gasteiger charge is 2.11. The molecule has 0 radical (unpaired) electrons. The van der Waals surface area contributed by atoms with Crippen molar-refractivity contribution in [1.82, 2.24) is 20.2 Å². The zero-order chi connectivity index (χ0) is 15.5. The van der Waals surface area contributed by atoms with Gasteiger partial charge in [-0.3, -0.25) is 0 Å². The van der Waals surface area contributed by atoms with Crippen molar-refractivity contribution in [2.75, 3.05) is 5.32 Å². The first kappa shape index (κ1) is 14.3. The van der Waals surface area contributed by atoms with Crippen molar-refractivity contribution >= 4 is 23.1 Å². The highest BCUT2D eigenvalue weighted by Crippen LogP contribution is 2.25. The third-order valence-electron chi connectivity index (χ3n) is 2.99. The van der Waals surface area contributed by atoms with E-state index in [0.29, 0.717) is 10.8 Å². The molecule has 7 heteroatoms. The quantitative estimate of drug-likeness (QED) is 0.797. The first-order valence-corrected chi connectivity index (χ1v) is 6.84. The van der Waals surface area contributed by atoms with Gasteiger partial charge in [0.05, 0.1) is 23.6 Å². The third-order valence-corrected chi connectivity index (χ3v) is 3.22. The Morgan fingerprint density at radius 2 is 2.00 bits per heavy atom. The lowest BCUT2D eigenvalue weighted by Gasteiger charge is -2.10. The second kappa shape index (κ2) is 6.03. The summed E-state index contributed by atoms with van der Waals surface area (Å²) in [6.45, 7) is 1.86. The fourth-order valence-electron chi connectivity index (χ4n) is 1.87. The monoisotopic (exact) mass is 315 g/mol. The van der Waals surface area contributed by atoms with Crippen LogP contribution in [0.4, 0.5) is 15.9 Å². The highest BCUT2D eigenvalue weighted by molar-refractivity contribution is 6.30. The lowest BCUT2D eigenvalue weighted by molar-refractivity contribution is 0.630. The fraction of sp³-hybridized carbons (Fsp3) is 0.0667. The van der Waals surface area contributed by atoms with Gasteiger partial charge < -0.3 is 5.32 Å². The molecular weight excluding hydrogens is 305 g/mol. The summed E-state index contributed by atoms with van der Waals surface area (Å²) in [5, 5.41) is 11.0. The first-order chi connectivity index (χ1) is 10.6. The topological polar surface area (TPSA) is 63.6 Å². The van der Waals surface area contributed by atoms with E-state index in [1.807, 2.05) is 6.92 Å². The summed E-state index contributed by atoms with van der Waals surface area (Å²) in [6.07, 6.45) is 4.76. The number of anilines is 2. The van der Waals surface area contributed by atoms with Crippen molar-refractivity contribution in [2.24, 2.45) is 0 Å². The molecule has 0 bridgehead atoms. The van der Waals surface area contributed by atoms with Crippen molar-refractivity contribution in [2.45, 2.75) is 6.92 Å². The number of nitrogens with zero attached hydrogens (tertiary/aromatic N) is 4. The molecule has 5 nitrogen and oxygen atoms in total. The molecule has 3 aromatic rings. The second-order valence-electron chi connectivity index (χ2n) is 4.61. The number of hydrogen-bond donors (Lipinski definition) is 1. The smallest absolute Gasteiger partial charge is 0.164 e. The van der Waals surface area contributed by atoms with Crippen LogP contribution < -0.4 is 5.32 Å². The molecule has 0 unspecified atom stereocenters. The summed E-state index contributed by atoms with van der Waals surface area (Å²) in [6, 6.07) is 6.03. The van der Waals surface area contributed by atoms with E-state index >= 15 is 0 Å². The molecule has 2 aromatic heterocycles. The molecule has 0 amide bonds. The third kappa shape index (κ3) is 3.01. The average Bonchev–Trinajstić information content (AvgIpc) is 2.53. The predicted octanol–water partition coefficient (Wildman–Crippen LogP) is 3.78.